The van der Waals surface area contributed by atoms with Crippen molar-refractivity contribution in [2.75, 3.05) is 0 Å². The Morgan fingerprint density at radius 3 is 2.63 bits per heavy atom. The largest absolute Gasteiger partial charge is 0.448 e. The lowest BCUT2D eigenvalue weighted by atomic mass is 10.1. The Morgan fingerprint density at radius 1 is 1.07 bits per heavy atom. The zero-order valence-electron chi connectivity index (χ0n) is 14.7. The molecule has 7 heteroatoms. The summed E-state index contributed by atoms with van der Waals surface area (Å²) in [7, 11) is 0. The minimum atomic E-state index is -0.633. The number of esters is 1. The smallest absolute Gasteiger partial charge is 0.349 e. The molecule has 0 aliphatic heterocycles. The number of thiophene rings is 2. The van der Waals surface area contributed by atoms with Gasteiger partial charge in [0.15, 0.2) is 6.10 Å². The lowest BCUT2D eigenvalue weighted by molar-refractivity contribution is 0.0286. The second-order valence-corrected chi connectivity index (χ2v) is 7.86. The first-order valence-corrected chi connectivity index (χ1v) is 10.1. The fourth-order valence-corrected chi connectivity index (χ4v) is 4.03. The van der Waals surface area contributed by atoms with Crippen LogP contribution in [0.1, 0.15) is 34.2 Å². The second-order valence-electron chi connectivity index (χ2n) is 6.00. The highest BCUT2D eigenvalue weighted by atomic mass is 32.1. The molecule has 0 amide bonds. The van der Waals surface area contributed by atoms with E-state index in [1.165, 1.54) is 28.2 Å². The Bertz CT molecular complexity index is 1050. The zero-order chi connectivity index (χ0) is 18.8. The van der Waals surface area contributed by atoms with Crippen LogP contribution in [0.4, 0.5) is 0 Å². The average Bonchev–Trinajstić information content (AvgIpc) is 3.41. The molecule has 3 aromatic heterocycles. The number of aryl methyl sites for hydroxylation is 1. The van der Waals surface area contributed by atoms with E-state index in [-0.39, 0.29) is 5.89 Å². The van der Waals surface area contributed by atoms with Crippen molar-refractivity contribution in [3.05, 3.63) is 69.6 Å². The van der Waals surface area contributed by atoms with E-state index in [1.807, 2.05) is 60.1 Å². The van der Waals surface area contributed by atoms with Gasteiger partial charge in [-0.25, -0.2) is 4.79 Å². The molecule has 0 radical (unpaired) electrons. The Labute approximate surface area is 164 Å². The molecule has 4 rings (SSSR count). The molecule has 0 bridgehead atoms. The Balaban J connectivity index is 1.51. The van der Waals surface area contributed by atoms with Gasteiger partial charge >= 0.3 is 5.97 Å². The third-order valence-corrected chi connectivity index (χ3v) is 5.77. The summed E-state index contributed by atoms with van der Waals surface area (Å²) >= 11 is 2.87. The van der Waals surface area contributed by atoms with E-state index in [1.54, 1.807) is 6.92 Å². The summed E-state index contributed by atoms with van der Waals surface area (Å²) in [6.07, 6.45) is -0.633. The van der Waals surface area contributed by atoms with Gasteiger partial charge in [0.05, 0.1) is 4.88 Å². The van der Waals surface area contributed by atoms with Crippen molar-refractivity contribution in [2.24, 2.45) is 0 Å². The number of nitrogens with zero attached hydrogens (tertiary/aromatic N) is 2. The number of carbonyl (C=O) groups excluding carboxylic acids is 1. The SMILES string of the molecule is Cc1ccc(-c2ccsc2C(=O)O[C@@H](C)c2nnc(-c3cccs3)o2)cc1. The highest BCUT2D eigenvalue weighted by Gasteiger charge is 2.23. The molecule has 0 aliphatic rings. The van der Waals surface area contributed by atoms with Crippen LogP contribution >= 0.6 is 22.7 Å². The minimum absolute atomic E-state index is 0.278. The van der Waals surface area contributed by atoms with E-state index in [2.05, 4.69) is 10.2 Å². The predicted molar refractivity (Wildman–Crippen MR) is 106 cm³/mol. The van der Waals surface area contributed by atoms with Crippen LogP contribution < -0.4 is 0 Å². The molecule has 136 valence electrons. The van der Waals surface area contributed by atoms with Gasteiger partial charge in [0.1, 0.15) is 4.88 Å². The van der Waals surface area contributed by atoms with Crippen molar-refractivity contribution >= 4 is 28.6 Å². The normalized spacial score (nSPS) is 12.1. The van der Waals surface area contributed by atoms with Crippen LogP contribution in [0, 0.1) is 6.92 Å². The van der Waals surface area contributed by atoms with Crippen LogP contribution in [0.25, 0.3) is 21.9 Å². The van der Waals surface area contributed by atoms with Gasteiger partial charge in [-0.1, -0.05) is 35.9 Å². The summed E-state index contributed by atoms with van der Waals surface area (Å²) in [5.74, 6) is 0.309. The zero-order valence-corrected chi connectivity index (χ0v) is 16.3. The van der Waals surface area contributed by atoms with E-state index in [9.17, 15) is 4.79 Å². The topological polar surface area (TPSA) is 65.2 Å². The van der Waals surface area contributed by atoms with Gasteiger partial charge in [-0.2, -0.15) is 0 Å². The van der Waals surface area contributed by atoms with Gasteiger partial charge in [0.25, 0.3) is 11.8 Å². The molecule has 0 saturated carbocycles. The fourth-order valence-electron chi connectivity index (χ4n) is 2.59. The van der Waals surface area contributed by atoms with Crippen LogP contribution in [-0.4, -0.2) is 16.2 Å². The maximum Gasteiger partial charge on any atom is 0.349 e. The first kappa shape index (κ1) is 17.6. The molecule has 5 nitrogen and oxygen atoms in total. The van der Waals surface area contributed by atoms with E-state index >= 15 is 0 Å². The summed E-state index contributed by atoms with van der Waals surface area (Å²) in [6.45, 7) is 3.76. The first-order chi connectivity index (χ1) is 13.1. The molecule has 1 aromatic carbocycles. The molecule has 0 unspecified atom stereocenters. The first-order valence-electron chi connectivity index (χ1n) is 8.34. The van der Waals surface area contributed by atoms with Crippen molar-refractivity contribution in [3.8, 4) is 21.9 Å². The summed E-state index contributed by atoms with van der Waals surface area (Å²) in [5.41, 5.74) is 3.02. The average molecular weight is 396 g/mol. The summed E-state index contributed by atoms with van der Waals surface area (Å²) < 4.78 is 11.2. The number of carbonyl (C=O) groups is 1. The van der Waals surface area contributed by atoms with Crippen molar-refractivity contribution in [2.45, 2.75) is 20.0 Å². The summed E-state index contributed by atoms with van der Waals surface area (Å²) in [6, 6.07) is 13.8. The maximum absolute atomic E-state index is 12.7. The van der Waals surface area contributed by atoms with Gasteiger partial charge in [-0.05, 0) is 42.3 Å². The van der Waals surface area contributed by atoms with Gasteiger partial charge < -0.3 is 9.15 Å². The predicted octanol–water partition coefficient (Wildman–Crippen LogP) is 5.75. The molecule has 3 heterocycles. The Kier molecular flexibility index (Phi) is 4.87. The number of benzene rings is 1. The van der Waals surface area contributed by atoms with Gasteiger partial charge in [-0.3, -0.25) is 0 Å². The molecular formula is C20H16N2O3S2. The standard InChI is InChI=1S/C20H16N2O3S2/c1-12-5-7-14(8-6-12)15-9-11-27-17(15)20(23)24-13(2)18-21-22-19(25-18)16-4-3-10-26-16/h3-11,13H,1-2H3/t13-/m0/s1. The number of hydrogen-bond donors (Lipinski definition) is 0. The van der Waals surface area contributed by atoms with Crippen molar-refractivity contribution < 1.29 is 13.9 Å². The van der Waals surface area contributed by atoms with E-state index < -0.39 is 12.1 Å². The van der Waals surface area contributed by atoms with Crippen LogP contribution in [0.15, 0.2) is 57.6 Å². The van der Waals surface area contributed by atoms with Crippen LogP contribution in [0.2, 0.25) is 0 Å². The summed E-state index contributed by atoms with van der Waals surface area (Å²) in [4.78, 5) is 14.1. The van der Waals surface area contributed by atoms with Gasteiger partial charge in [0.2, 0.25) is 0 Å². The van der Waals surface area contributed by atoms with Crippen molar-refractivity contribution in [1.82, 2.24) is 10.2 Å². The molecule has 0 spiro atoms. The molecule has 0 N–H and O–H groups in total. The summed E-state index contributed by atoms with van der Waals surface area (Å²) in [5, 5.41) is 11.9. The Hall–Kier alpha value is -2.77. The highest BCUT2D eigenvalue weighted by molar-refractivity contribution is 7.13. The number of ether oxygens (including phenoxy) is 1. The Morgan fingerprint density at radius 2 is 1.89 bits per heavy atom. The van der Waals surface area contributed by atoms with Gasteiger partial charge in [-0.15, -0.1) is 32.9 Å². The van der Waals surface area contributed by atoms with Crippen molar-refractivity contribution in [1.29, 1.82) is 0 Å². The van der Waals surface area contributed by atoms with Crippen LogP contribution in [-0.2, 0) is 4.74 Å². The van der Waals surface area contributed by atoms with E-state index in [0.717, 1.165) is 16.0 Å². The van der Waals surface area contributed by atoms with E-state index in [4.69, 9.17) is 9.15 Å². The quantitative estimate of drug-likeness (QED) is 0.402. The third kappa shape index (κ3) is 3.70. The molecule has 4 aromatic rings. The third-order valence-electron chi connectivity index (χ3n) is 4.02. The lowest BCUT2D eigenvalue weighted by Crippen LogP contribution is -2.09. The van der Waals surface area contributed by atoms with Crippen LogP contribution in [0.5, 0.6) is 0 Å². The molecule has 0 aliphatic carbocycles. The van der Waals surface area contributed by atoms with Crippen molar-refractivity contribution in [3.63, 3.8) is 0 Å². The maximum atomic E-state index is 12.7. The molecule has 1 atom stereocenters. The molecule has 27 heavy (non-hydrogen) atoms. The van der Waals surface area contributed by atoms with Crippen LogP contribution in [0.3, 0.4) is 0 Å². The minimum Gasteiger partial charge on any atom is -0.448 e. The number of aromatic nitrogens is 2. The number of hydrogen-bond acceptors (Lipinski definition) is 7. The second kappa shape index (κ2) is 7.46. The number of rotatable bonds is 5. The molecule has 0 fully saturated rings. The fraction of sp³-hybridized carbons (Fsp3) is 0.150. The van der Waals surface area contributed by atoms with E-state index in [0.29, 0.717) is 10.8 Å². The molecule has 0 saturated heterocycles. The van der Waals surface area contributed by atoms with Gasteiger partial charge in [0, 0.05) is 5.56 Å². The monoisotopic (exact) mass is 396 g/mol. The lowest BCUT2D eigenvalue weighted by Gasteiger charge is -2.10. The highest BCUT2D eigenvalue weighted by Crippen LogP contribution is 2.31. The molecular weight excluding hydrogens is 380 g/mol.